The number of carbonyl (C=O) groups excluding carboxylic acids is 1. The number of nitrogens with one attached hydrogen (secondary N) is 3. The Kier molecular flexibility index (Phi) is 5.21. The number of amides is 1. The largest absolute Gasteiger partial charge is 0.497 e. The van der Waals surface area contributed by atoms with Crippen LogP contribution in [0.1, 0.15) is 21.7 Å². The third kappa shape index (κ3) is 3.53. The zero-order valence-corrected chi connectivity index (χ0v) is 14.9. The molecule has 0 aliphatic rings. The van der Waals surface area contributed by atoms with Crippen molar-refractivity contribution < 1.29 is 14.3 Å². The molecule has 136 valence electrons. The van der Waals surface area contributed by atoms with Gasteiger partial charge in [0.15, 0.2) is 0 Å². The number of methoxy groups -OCH3 is 2. The van der Waals surface area contributed by atoms with Crippen LogP contribution in [0.2, 0.25) is 0 Å². The first-order valence-electron chi connectivity index (χ1n) is 8.16. The van der Waals surface area contributed by atoms with Crippen LogP contribution in [0.5, 0.6) is 11.5 Å². The molecule has 2 heterocycles. The van der Waals surface area contributed by atoms with Crippen LogP contribution >= 0.6 is 0 Å². The van der Waals surface area contributed by atoms with Crippen LogP contribution in [-0.2, 0) is 6.42 Å². The van der Waals surface area contributed by atoms with Gasteiger partial charge in [-0.15, -0.1) is 0 Å². The van der Waals surface area contributed by atoms with Crippen LogP contribution < -0.4 is 14.8 Å². The van der Waals surface area contributed by atoms with Gasteiger partial charge in [0.25, 0.3) is 5.91 Å². The Hall–Kier alpha value is -3.29. The minimum atomic E-state index is -0.201. The summed E-state index contributed by atoms with van der Waals surface area (Å²) in [6.07, 6.45) is 4.03. The van der Waals surface area contributed by atoms with Gasteiger partial charge in [-0.2, -0.15) is 5.10 Å². The number of H-pyrrole nitrogens is 2. The highest BCUT2D eigenvalue weighted by Gasteiger charge is 2.19. The minimum Gasteiger partial charge on any atom is -0.497 e. The van der Waals surface area contributed by atoms with E-state index in [0.29, 0.717) is 35.9 Å². The molecule has 3 N–H and O–H groups in total. The topological polar surface area (TPSA) is 105 Å². The summed E-state index contributed by atoms with van der Waals surface area (Å²) < 4.78 is 10.6. The fraction of sp³-hybridized carbons (Fsp3) is 0.278. The number of aromatic amines is 2. The molecule has 2 aromatic heterocycles. The number of hydrogen-bond acceptors (Lipinski definition) is 5. The lowest BCUT2D eigenvalue weighted by Crippen LogP contribution is -2.26. The second-order valence-electron chi connectivity index (χ2n) is 5.72. The molecular formula is C18H21N5O3. The molecular weight excluding hydrogens is 334 g/mol. The smallest absolute Gasteiger partial charge is 0.269 e. The molecule has 0 atom stereocenters. The standard InChI is InChI=1S/C18H21N5O3/c1-11-16(14-5-4-13(25-2)8-15(14)26-3)22-23-17(11)18(24)20-7-6-12-9-19-10-21-12/h4-5,8-10H,6-7H2,1-3H3,(H,19,21)(H,20,24)(H,22,23). The maximum Gasteiger partial charge on any atom is 0.269 e. The van der Waals surface area contributed by atoms with E-state index in [1.165, 1.54) is 0 Å². The van der Waals surface area contributed by atoms with E-state index in [2.05, 4.69) is 25.5 Å². The van der Waals surface area contributed by atoms with E-state index < -0.39 is 0 Å². The second kappa shape index (κ2) is 7.73. The highest BCUT2D eigenvalue weighted by molar-refractivity contribution is 5.95. The lowest BCUT2D eigenvalue weighted by atomic mass is 10.1. The van der Waals surface area contributed by atoms with Crippen molar-refractivity contribution in [2.24, 2.45) is 0 Å². The molecule has 1 amide bonds. The van der Waals surface area contributed by atoms with Crippen LogP contribution in [0, 0.1) is 6.92 Å². The summed E-state index contributed by atoms with van der Waals surface area (Å²) in [6.45, 7) is 2.35. The van der Waals surface area contributed by atoms with Crippen molar-refractivity contribution in [3.05, 3.63) is 47.7 Å². The van der Waals surface area contributed by atoms with Crippen molar-refractivity contribution >= 4 is 5.91 Å². The molecule has 0 fully saturated rings. The van der Waals surface area contributed by atoms with Crippen LogP contribution in [-0.4, -0.2) is 46.8 Å². The number of carbonyl (C=O) groups is 1. The van der Waals surface area contributed by atoms with Crippen molar-refractivity contribution in [2.75, 3.05) is 20.8 Å². The first-order chi connectivity index (χ1) is 12.6. The monoisotopic (exact) mass is 355 g/mol. The van der Waals surface area contributed by atoms with Crippen LogP contribution in [0.15, 0.2) is 30.7 Å². The van der Waals surface area contributed by atoms with Gasteiger partial charge >= 0.3 is 0 Å². The molecule has 3 rings (SSSR count). The fourth-order valence-corrected chi connectivity index (χ4v) is 2.70. The lowest BCUT2D eigenvalue weighted by Gasteiger charge is -2.09. The van der Waals surface area contributed by atoms with Gasteiger partial charge in [-0.25, -0.2) is 4.98 Å². The number of imidazole rings is 1. The Bertz CT molecular complexity index is 886. The van der Waals surface area contributed by atoms with E-state index in [4.69, 9.17) is 9.47 Å². The average molecular weight is 355 g/mol. The molecule has 8 heteroatoms. The minimum absolute atomic E-state index is 0.201. The maximum atomic E-state index is 12.4. The summed E-state index contributed by atoms with van der Waals surface area (Å²) >= 11 is 0. The SMILES string of the molecule is COc1ccc(-c2n[nH]c(C(=O)NCCc3cnc[nH]3)c2C)c(OC)c1. The van der Waals surface area contributed by atoms with Gasteiger partial charge in [0.05, 0.1) is 26.2 Å². The molecule has 0 spiro atoms. The molecule has 0 aliphatic carbocycles. The van der Waals surface area contributed by atoms with E-state index in [1.54, 1.807) is 32.8 Å². The molecule has 26 heavy (non-hydrogen) atoms. The number of rotatable bonds is 7. The Balaban J connectivity index is 1.76. The normalized spacial score (nSPS) is 10.6. The van der Waals surface area contributed by atoms with Gasteiger partial charge in [0, 0.05) is 42.0 Å². The van der Waals surface area contributed by atoms with E-state index >= 15 is 0 Å². The average Bonchev–Trinajstić information content (AvgIpc) is 3.30. The zero-order chi connectivity index (χ0) is 18.5. The van der Waals surface area contributed by atoms with Crippen molar-refractivity contribution in [2.45, 2.75) is 13.3 Å². The summed E-state index contributed by atoms with van der Waals surface area (Å²) in [5, 5.41) is 10.0. The van der Waals surface area contributed by atoms with Crippen molar-refractivity contribution in [3.63, 3.8) is 0 Å². The molecule has 0 aliphatic heterocycles. The third-order valence-electron chi connectivity index (χ3n) is 4.14. The van der Waals surface area contributed by atoms with Crippen molar-refractivity contribution in [1.29, 1.82) is 0 Å². The summed E-state index contributed by atoms with van der Waals surface area (Å²) in [5.74, 6) is 1.12. The van der Waals surface area contributed by atoms with Gasteiger partial charge in [-0.05, 0) is 19.1 Å². The zero-order valence-electron chi connectivity index (χ0n) is 14.9. The molecule has 0 unspecified atom stereocenters. The van der Waals surface area contributed by atoms with Crippen LogP contribution in [0.25, 0.3) is 11.3 Å². The van der Waals surface area contributed by atoms with Crippen molar-refractivity contribution in [3.8, 4) is 22.8 Å². The quantitative estimate of drug-likeness (QED) is 0.602. The van der Waals surface area contributed by atoms with E-state index in [-0.39, 0.29) is 5.91 Å². The highest BCUT2D eigenvalue weighted by atomic mass is 16.5. The molecule has 1 aromatic carbocycles. The Morgan fingerprint density at radius 2 is 2.12 bits per heavy atom. The van der Waals surface area contributed by atoms with Crippen LogP contribution in [0.3, 0.4) is 0 Å². The van der Waals surface area contributed by atoms with Gasteiger partial charge in [-0.3, -0.25) is 9.89 Å². The van der Waals surface area contributed by atoms with Crippen molar-refractivity contribution in [1.82, 2.24) is 25.5 Å². The highest BCUT2D eigenvalue weighted by Crippen LogP contribution is 2.34. The lowest BCUT2D eigenvalue weighted by molar-refractivity contribution is 0.0948. The number of hydrogen-bond donors (Lipinski definition) is 3. The summed E-state index contributed by atoms with van der Waals surface area (Å²) in [5.41, 5.74) is 3.62. The number of ether oxygens (including phenoxy) is 2. The summed E-state index contributed by atoms with van der Waals surface area (Å²) in [4.78, 5) is 19.4. The number of aromatic nitrogens is 4. The molecule has 3 aromatic rings. The van der Waals surface area contributed by atoms with Gasteiger partial charge in [0.2, 0.25) is 0 Å². The van der Waals surface area contributed by atoms with E-state index in [1.807, 2.05) is 19.1 Å². The molecule has 0 saturated carbocycles. The van der Waals surface area contributed by atoms with E-state index in [0.717, 1.165) is 16.8 Å². The Morgan fingerprint density at radius 3 is 2.81 bits per heavy atom. The number of benzene rings is 1. The predicted molar refractivity (Wildman–Crippen MR) is 96.5 cm³/mol. The first-order valence-corrected chi connectivity index (χ1v) is 8.16. The predicted octanol–water partition coefficient (Wildman–Crippen LogP) is 2.10. The Morgan fingerprint density at radius 1 is 1.27 bits per heavy atom. The molecule has 8 nitrogen and oxygen atoms in total. The summed E-state index contributed by atoms with van der Waals surface area (Å²) in [7, 11) is 3.18. The first kappa shape index (κ1) is 17.5. The van der Waals surface area contributed by atoms with Gasteiger partial charge < -0.3 is 19.8 Å². The Labute approximate surface area is 150 Å². The fourth-order valence-electron chi connectivity index (χ4n) is 2.70. The number of nitrogens with zero attached hydrogens (tertiary/aromatic N) is 2. The molecule has 0 bridgehead atoms. The van der Waals surface area contributed by atoms with Crippen LogP contribution in [0.4, 0.5) is 0 Å². The molecule has 0 radical (unpaired) electrons. The van der Waals surface area contributed by atoms with Gasteiger partial charge in [0.1, 0.15) is 17.2 Å². The second-order valence-corrected chi connectivity index (χ2v) is 5.72. The van der Waals surface area contributed by atoms with Gasteiger partial charge in [-0.1, -0.05) is 0 Å². The summed E-state index contributed by atoms with van der Waals surface area (Å²) in [6, 6.07) is 5.48. The molecule has 0 saturated heterocycles. The maximum absolute atomic E-state index is 12.4. The third-order valence-corrected chi connectivity index (χ3v) is 4.14. The van der Waals surface area contributed by atoms with E-state index in [9.17, 15) is 4.79 Å².